The standard InChI is InChI=1S/C23H26N4O5/c1-3-24-21(29)17-10-15(20(28)25-18-9-13(18)2)12-26(22(17)30)11-14-5-4-6-19-16(14)7-8-27(19)23(31)32/h4-6,10,12-13,18H,3,7-9,11H2,1-2H3,(H,24,29)(H,25,28)(H,31,32)/t13-,18-/m1/s1. The van der Waals surface area contributed by atoms with E-state index in [1.165, 1.54) is 21.7 Å². The average molecular weight is 438 g/mol. The zero-order valence-electron chi connectivity index (χ0n) is 18.1. The molecule has 3 amide bonds. The van der Waals surface area contributed by atoms with E-state index in [0.717, 1.165) is 17.5 Å². The fourth-order valence-corrected chi connectivity index (χ4v) is 4.11. The van der Waals surface area contributed by atoms with Crippen LogP contribution < -0.4 is 21.1 Å². The van der Waals surface area contributed by atoms with Gasteiger partial charge in [0.1, 0.15) is 5.56 Å². The second-order valence-corrected chi connectivity index (χ2v) is 8.33. The molecule has 0 saturated heterocycles. The van der Waals surface area contributed by atoms with Crippen LogP contribution in [-0.4, -0.2) is 46.7 Å². The smallest absolute Gasteiger partial charge is 0.411 e. The number of carbonyl (C=O) groups excluding carboxylic acids is 2. The number of nitrogens with one attached hydrogen (secondary N) is 2. The maximum Gasteiger partial charge on any atom is 0.411 e. The molecule has 2 atom stereocenters. The first-order valence-corrected chi connectivity index (χ1v) is 10.7. The lowest BCUT2D eigenvalue weighted by molar-refractivity contribution is 0.0948. The first-order valence-electron chi connectivity index (χ1n) is 10.7. The number of hydrogen-bond acceptors (Lipinski definition) is 4. The van der Waals surface area contributed by atoms with Crippen LogP contribution in [0, 0.1) is 5.92 Å². The molecule has 1 saturated carbocycles. The Bertz CT molecular complexity index is 1160. The van der Waals surface area contributed by atoms with E-state index in [1.807, 2.05) is 13.0 Å². The number of aromatic nitrogens is 1. The molecule has 1 aliphatic heterocycles. The molecule has 9 nitrogen and oxygen atoms in total. The van der Waals surface area contributed by atoms with E-state index in [1.54, 1.807) is 19.1 Å². The zero-order chi connectivity index (χ0) is 23.0. The van der Waals surface area contributed by atoms with Crippen LogP contribution in [0.1, 0.15) is 52.1 Å². The quantitative estimate of drug-likeness (QED) is 0.635. The summed E-state index contributed by atoms with van der Waals surface area (Å²) in [6, 6.07) is 6.77. The van der Waals surface area contributed by atoms with Gasteiger partial charge in [-0.2, -0.15) is 0 Å². The number of anilines is 1. The molecule has 0 spiro atoms. The number of rotatable bonds is 6. The van der Waals surface area contributed by atoms with Crippen molar-refractivity contribution in [2.45, 2.75) is 39.3 Å². The Balaban J connectivity index is 1.72. The molecule has 2 heterocycles. The molecule has 1 aromatic heterocycles. The summed E-state index contributed by atoms with van der Waals surface area (Å²) in [5.41, 5.74) is 1.88. The van der Waals surface area contributed by atoms with Gasteiger partial charge in [0.2, 0.25) is 0 Å². The van der Waals surface area contributed by atoms with E-state index in [2.05, 4.69) is 10.6 Å². The van der Waals surface area contributed by atoms with Gasteiger partial charge in [0.25, 0.3) is 17.4 Å². The van der Waals surface area contributed by atoms with Gasteiger partial charge in [-0.1, -0.05) is 19.1 Å². The van der Waals surface area contributed by atoms with Crippen molar-refractivity contribution in [2.75, 3.05) is 18.0 Å². The molecule has 4 rings (SSSR count). The third-order valence-corrected chi connectivity index (χ3v) is 6.05. The van der Waals surface area contributed by atoms with Crippen LogP contribution in [0.2, 0.25) is 0 Å². The number of hydrogen-bond donors (Lipinski definition) is 3. The maximum absolute atomic E-state index is 13.1. The first kappa shape index (κ1) is 21.6. The number of fused-ring (bicyclic) bond motifs is 1. The zero-order valence-corrected chi connectivity index (χ0v) is 18.1. The van der Waals surface area contributed by atoms with Crippen molar-refractivity contribution >= 4 is 23.6 Å². The molecule has 2 aromatic rings. The predicted octanol–water partition coefficient (Wildman–Crippen LogP) is 1.82. The van der Waals surface area contributed by atoms with Gasteiger partial charge in [0.15, 0.2) is 0 Å². The van der Waals surface area contributed by atoms with E-state index in [0.29, 0.717) is 31.1 Å². The van der Waals surface area contributed by atoms with Crippen molar-refractivity contribution < 1.29 is 19.5 Å². The van der Waals surface area contributed by atoms with Gasteiger partial charge in [-0.25, -0.2) is 4.79 Å². The molecule has 3 N–H and O–H groups in total. The highest BCUT2D eigenvalue weighted by Gasteiger charge is 2.34. The van der Waals surface area contributed by atoms with Gasteiger partial charge in [-0.05, 0) is 48.9 Å². The summed E-state index contributed by atoms with van der Waals surface area (Å²) in [5, 5.41) is 15.0. The summed E-state index contributed by atoms with van der Waals surface area (Å²) in [7, 11) is 0. The Hall–Kier alpha value is -3.62. The molecule has 0 bridgehead atoms. The number of carboxylic acid groups (broad SMARTS) is 1. The molecule has 1 fully saturated rings. The number of nitrogens with zero attached hydrogens (tertiary/aromatic N) is 2. The Morgan fingerprint density at radius 3 is 2.62 bits per heavy atom. The lowest BCUT2D eigenvalue weighted by atomic mass is 10.0. The van der Waals surface area contributed by atoms with Gasteiger partial charge < -0.3 is 20.3 Å². The maximum atomic E-state index is 13.1. The van der Waals surface area contributed by atoms with Gasteiger partial charge in [0, 0.05) is 25.3 Å². The molecule has 1 aromatic carbocycles. The van der Waals surface area contributed by atoms with E-state index in [4.69, 9.17) is 0 Å². The molecular formula is C23H26N4O5. The Kier molecular flexibility index (Phi) is 5.73. The number of carbonyl (C=O) groups is 3. The van der Waals surface area contributed by atoms with Crippen molar-refractivity contribution in [1.29, 1.82) is 0 Å². The van der Waals surface area contributed by atoms with E-state index in [9.17, 15) is 24.3 Å². The minimum absolute atomic E-state index is 0.0944. The molecule has 0 unspecified atom stereocenters. The van der Waals surface area contributed by atoms with Crippen LogP contribution >= 0.6 is 0 Å². The molecule has 0 radical (unpaired) electrons. The lowest BCUT2D eigenvalue weighted by Gasteiger charge is -2.15. The Labute approximate surface area is 185 Å². The molecule has 32 heavy (non-hydrogen) atoms. The number of benzene rings is 1. The number of pyridine rings is 1. The highest BCUT2D eigenvalue weighted by molar-refractivity contribution is 5.99. The number of amides is 3. The Morgan fingerprint density at radius 2 is 1.97 bits per heavy atom. The molecule has 9 heteroatoms. The van der Waals surface area contributed by atoms with Crippen LogP contribution in [0.5, 0.6) is 0 Å². The predicted molar refractivity (Wildman–Crippen MR) is 118 cm³/mol. The van der Waals surface area contributed by atoms with Gasteiger partial charge >= 0.3 is 6.09 Å². The van der Waals surface area contributed by atoms with Crippen LogP contribution in [0.3, 0.4) is 0 Å². The van der Waals surface area contributed by atoms with Crippen molar-refractivity contribution in [3.63, 3.8) is 0 Å². The summed E-state index contributed by atoms with van der Waals surface area (Å²) >= 11 is 0. The highest BCUT2D eigenvalue weighted by Crippen LogP contribution is 2.31. The third kappa shape index (κ3) is 4.10. The summed E-state index contributed by atoms with van der Waals surface area (Å²) in [6.07, 6.45) is 1.89. The second-order valence-electron chi connectivity index (χ2n) is 8.33. The normalized spacial score (nSPS) is 18.8. The summed E-state index contributed by atoms with van der Waals surface area (Å²) in [6.45, 7) is 4.63. The average Bonchev–Trinajstić information content (AvgIpc) is 3.26. The molecular weight excluding hydrogens is 412 g/mol. The summed E-state index contributed by atoms with van der Waals surface area (Å²) in [5.74, 6) is -0.443. The van der Waals surface area contributed by atoms with Crippen molar-refractivity contribution in [3.05, 3.63) is 63.1 Å². The SMILES string of the molecule is CCNC(=O)c1cc(C(=O)N[C@@H]2C[C@H]2C)cn(Cc2cccc3c2CCN3C(=O)O)c1=O. The topological polar surface area (TPSA) is 121 Å². The van der Waals surface area contributed by atoms with Crippen LogP contribution in [0.4, 0.5) is 10.5 Å². The van der Waals surface area contributed by atoms with E-state index in [-0.39, 0.29) is 29.6 Å². The monoisotopic (exact) mass is 438 g/mol. The minimum atomic E-state index is -1.02. The fourth-order valence-electron chi connectivity index (χ4n) is 4.11. The summed E-state index contributed by atoms with van der Waals surface area (Å²) < 4.78 is 1.36. The van der Waals surface area contributed by atoms with E-state index >= 15 is 0 Å². The van der Waals surface area contributed by atoms with Crippen LogP contribution in [0.15, 0.2) is 35.3 Å². The van der Waals surface area contributed by atoms with Gasteiger partial charge in [-0.15, -0.1) is 0 Å². The van der Waals surface area contributed by atoms with Gasteiger partial charge in [-0.3, -0.25) is 19.3 Å². The summed E-state index contributed by atoms with van der Waals surface area (Å²) in [4.78, 5) is 51.1. The fraction of sp³-hybridized carbons (Fsp3) is 0.391. The van der Waals surface area contributed by atoms with Crippen LogP contribution in [0.25, 0.3) is 0 Å². The lowest BCUT2D eigenvalue weighted by Crippen LogP contribution is -2.35. The van der Waals surface area contributed by atoms with Crippen molar-refractivity contribution in [2.24, 2.45) is 5.92 Å². The minimum Gasteiger partial charge on any atom is -0.465 e. The van der Waals surface area contributed by atoms with Crippen molar-refractivity contribution in [1.82, 2.24) is 15.2 Å². The molecule has 168 valence electrons. The van der Waals surface area contributed by atoms with Crippen molar-refractivity contribution in [3.8, 4) is 0 Å². The largest absolute Gasteiger partial charge is 0.465 e. The van der Waals surface area contributed by atoms with Crippen LogP contribution in [-0.2, 0) is 13.0 Å². The molecule has 1 aliphatic carbocycles. The highest BCUT2D eigenvalue weighted by atomic mass is 16.4. The van der Waals surface area contributed by atoms with Gasteiger partial charge in [0.05, 0.1) is 17.8 Å². The Morgan fingerprint density at radius 1 is 1.22 bits per heavy atom. The molecule has 2 aliphatic rings. The van der Waals surface area contributed by atoms with E-state index < -0.39 is 17.6 Å². The second kappa shape index (κ2) is 8.49. The third-order valence-electron chi connectivity index (χ3n) is 6.05. The first-order chi connectivity index (χ1) is 15.3.